The minimum atomic E-state index is -0.258. The van der Waals surface area contributed by atoms with Crippen LogP contribution in [0.3, 0.4) is 0 Å². The van der Waals surface area contributed by atoms with Crippen molar-refractivity contribution in [1.29, 1.82) is 0 Å². The second-order valence-electron chi connectivity index (χ2n) is 3.32. The van der Waals surface area contributed by atoms with Gasteiger partial charge in [0.05, 0.1) is 13.7 Å². The van der Waals surface area contributed by atoms with Gasteiger partial charge in [0.25, 0.3) is 0 Å². The topological polar surface area (TPSA) is 56.2 Å². The first kappa shape index (κ1) is 11.7. The lowest BCUT2D eigenvalue weighted by Gasteiger charge is -2.13. The maximum Gasteiger partial charge on any atom is 0.322 e. The van der Waals surface area contributed by atoms with Crippen LogP contribution in [-0.4, -0.2) is 28.7 Å². The maximum absolute atomic E-state index is 11.3. The number of imidazole rings is 1. The number of methoxy groups -OCH3 is 1. The largest absolute Gasteiger partial charge is 0.468 e. The molecular formula is C10H17N3O2. The molecule has 0 saturated carbocycles. The lowest BCUT2D eigenvalue weighted by Crippen LogP contribution is -2.37. The molecule has 15 heavy (non-hydrogen) atoms. The van der Waals surface area contributed by atoms with Crippen LogP contribution in [0.2, 0.25) is 0 Å². The third-order valence-corrected chi connectivity index (χ3v) is 2.32. The van der Waals surface area contributed by atoms with E-state index < -0.39 is 0 Å². The minimum Gasteiger partial charge on any atom is -0.468 e. The average molecular weight is 211 g/mol. The Labute approximate surface area is 89.4 Å². The van der Waals surface area contributed by atoms with Crippen LogP contribution in [0.4, 0.5) is 0 Å². The van der Waals surface area contributed by atoms with Crippen molar-refractivity contribution in [2.24, 2.45) is 7.05 Å². The zero-order valence-corrected chi connectivity index (χ0v) is 9.36. The van der Waals surface area contributed by atoms with E-state index in [1.807, 2.05) is 24.7 Å². The summed E-state index contributed by atoms with van der Waals surface area (Å²) < 4.78 is 6.59. The number of aryl methyl sites for hydroxylation is 1. The second-order valence-corrected chi connectivity index (χ2v) is 3.32. The van der Waals surface area contributed by atoms with E-state index in [2.05, 4.69) is 15.0 Å². The Morgan fingerprint density at radius 1 is 1.73 bits per heavy atom. The van der Waals surface area contributed by atoms with Crippen LogP contribution in [0.25, 0.3) is 0 Å². The number of carbonyl (C=O) groups excluding carboxylic acids is 1. The third kappa shape index (κ3) is 3.06. The molecule has 5 heteroatoms. The highest BCUT2D eigenvalue weighted by atomic mass is 16.5. The van der Waals surface area contributed by atoms with Crippen molar-refractivity contribution in [1.82, 2.24) is 14.9 Å². The van der Waals surface area contributed by atoms with Gasteiger partial charge in [0.1, 0.15) is 11.9 Å². The van der Waals surface area contributed by atoms with Crippen LogP contribution in [0, 0.1) is 0 Å². The highest BCUT2D eigenvalue weighted by molar-refractivity contribution is 5.75. The van der Waals surface area contributed by atoms with Crippen LogP contribution in [-0.2, 0) is 23.1 Å². The van der Waals surface area contributed by atoms with Crippen LogP contribution < -0.4 is 5.32 Å². The normalized spacial score (nSPS) is 12.5. The highest BCUT2D eigenvalue weighted by Crippen LogP contribution is 1.98. The molecule has 1 unspecified atom stereocenters. The van der Waals surface area contributed by atoms with E-state index in [1.165, 1.54) is 7.11 Å². The van der Waals surface area contributed by atoms with Gasteiger partial charge in [-0.3, -0.25) is 10.1 Å². The maximum atomic E-state index is 11.3. The summed E-state index contributed by atoms with van der Waals surface area (Å²) in [6, 6.07) is -0.258. The molecule has 84 valence electrons. The molecule has 1 N–H and O–H groups in total. The number of esters is 1. The molecule has 0 amide bonds. The zero-order chi connectivity index (χ0) is 11.3. The fourth-order valence-corrected chi connectivity index (χ4v) is 1.32. The molecule has 1 rings (SSSR count). The standard InChI is InChI=1S/C10H17N3O2/c1-4-8(10(14)15-3)12-7-9-11-5-6-13(9)2/h5-6,8,12H,4,7H2,1-3H3. The fourth-order valence-electron chi connectivity index (χ4n) is 1.32. The first-order valence-electron chi connectivity index (χ1n) is 4.96. The Balaban J connectivity index is 2.48. The Bertz CT molecular complexity index is 322. The van der Waals surface area contributed by atoms with Gasteiger partial charge in [-0.15, -0.1) is 0 Å². The van der Waals surface area contributed by atoms with Crippen LogP contribution >= 0.6 is 0 Å². The van der Waals surface area contributed by atoms with E-state index in [-0.39, 0.29) is 12.0 Å². The van der Waals surface area contributed by atoms with E-state index in [0.29, 0.717) is 13.0 Å². The lowest BCUT2D eigenvalue weighted by molar-refractivity contribution is -0.143. The van der Waals surface area contributed by atoms with Gasteiger partial charge < -0.3 is 9.30 Å². The molecule has 0 aliphatic rings. The van der Waals surface area contributed by atoms with E-state index in [9.17, 15) is 4.79 Å². The van der Waals surface area contributed by atoms with E-state index in [0.717, 1.165) is 5.82 Å². The van der Waals surface area contributed by atoms with Crippen molar-refractivity contribution in [3.63, 3.8) is 0 Å². The molecule has 0 aliphatic heterocycles. The molecule has 0 radical (unpaired) electrons. The number of rotatable bonds is 5. The van der Waals surface area contributed by atoms with Gasteiger partial charge in [-0.05, 0) is 6.42 Å². The van der Waals surface area contributed by atoms with Crippen molar-refractivity contribution in [2.45, 2.75) is 25.9 Å². The number of hydrogen-bond acceptors (Lipinski definition) is 4. The van der Waals surface area contributed by atoms with Crippen molar-refractivity contribution in [3.05, 3.63) is 18.2 Å². The smallest absolute Gasteiger partial charge is 0.322 e. The molecular weight excluding hydrogens is 194 g/mol. The third-order valence-electron chi connectivity index (χ3n) is 2.32. The average Bonchev–Trinajstić information content (AvgIpc) is 2.65. The number of ether oxygens (including phenoxy) is 1. The molecule has 5 nitrogen and oxygen atoms in total. The summed E-state index contributed by atoms with van der Waals surface area (Å²) in [7, 11) is 3.32. The fraction of sp³-hybridized carbons (Fsp3) is 0.600. The van der Waals surface area contributed by atoms with E-state index in [4.69, 9.17) is 0 Å². The number of hydrogen-bond donors (Lipinski definition) is 1. The monoisotopic (exact) mass is 211 g/mol. The summed E-state index contributed by atoms with van der Waals surface area (Å²) in [6.45, 7) is 2.50. The summed E-state index contributed by atoms with van der Waals surface area (Å²) in [5, 5.41) is 3.11. The Morgan fingerprint density at radius 3 is 2.93 bits per heavy atom. The number of carbonyl (C=O) groups is 1. The van der Waals surface area contributed by atoms with Gasteiger partial charge in [0, 0.05) is 19.4 Å². The van der Waals surface area contributed by atoms with Gasteiger partial charge in [0.15, 0.2) is 0 Å². The van der Waals surface area contributed by atoms with E-state index >= 15 is 0 Å². The molecule has 0 saturated heterocycles. The molecule has 0 aliphatic carbocycles. The zero-order valence-electron chi connectivity index (χ0n) is 9.36. The van der Waals surface area contributed by atoms with Gasteiger partial charge in [-0.1, -0.05) is 6.92 Å². The summed E-state index contributed by atoms with van der Waals surface area (Å²) in [4.78, 5) is 15.4. The SMILES string of the molecule is CCC(NCc1nccn1C)C(=O)OC. The molecule has 1 atom stereocenters. The first-order valence-corrected chi connectivity index (χ1v) is 4.96. The lowest BCUT2D eigenvalue weighted by atomic mass is 10.2. The van der Waals surface area contributed by atoms with Crippen LogP contribution in [0.5, 0.6) is 0 Å². The van der Waals surface area contributed by atoms with Crippen molar-refractivity contribution in [2.75, 3.05) is 7.11 Å². The molecule has 1 heterocycles. The summed E-state index contributed by atoms with van der Waals surface area (Å²) in [5.41, 5.74) is 0. The molecule has 1 aromatic heterocycles. The molecule has 1 aromatic rings. The number of nitrogens with one attached hydrogen (secondary N) is 1. The predicted molar refractivity (Wildman–Crippen MR) is 56.1 cm³/mol. The Kier molecular flexibility index (Phi) is 4.30. The Morgan fingerprint density at radius 2 is 2.47 bits per heavy atom. The first-order chi connectivity index (χ1) is 7.19. The predicted octanol–water partition coefficient (Wildman–Crippen LogP) is 0.461. The molecule has 0 bridgehead atoms. The van der Waals surface area contributed by atoms with Crippen LogP contribution in [0.15, 0.2) is 12.4 Å². The summed E-state index contributed by atoms with van der Waals surface area (Å²) >= 11 is 0. The van der Waals surface area contributed by atoms with Crippen LogP contribution in [0.1, 0.15) is 19.2 Å². The van der Waals surface area contributed by atoms with Gasteiger partial charge in [-0.2, -0.15) is 0 Å². The Hall–Kier alpha value is -1.36. The van der Waals surface area contributed by atoms with Crippen molar-refractivity contribution >= 4 is 5.97 Å². The van der Waals surface area contributed by atoms with Gasteiger partial charge in [-0.25, -0.2) is 4.98 Å². The number of nitrogens with zero attached hydrogens (tertiary/aromatic N) is 2. The number of aromatic nitrogens is 2. The summed E-state index contributed by atoms with van der Waals surface area (Å²) in [5.74, 6) is 0.670. The molecule has 0 spiro atoms. The van der Waals surface area contributed by atoms with Gasteiger partial charge >= 0.3 is 5.97 Å². The van der Waals surface area contributed by atoms with E-state index in [1.54, 1.807) is 6.20 Å². The highest BCUT2D eigenvalue weighted by Gasteiger charge is 2.16. The van der Waals surface area contributed by atoms with Crippen molar-refractivity contribution in [3.8, 4) is 0 Å². The second kappa shape index (κ2) is 5.50. The summed E-state index contributed by atoms with van der Waals surface area (Å²) in [6.07, 6.45) is 4.31. The van der Waals surface area contributed by atoms with Gasteiger partial charge in [0.2, 0.25) is 0 Å². The molecule has 0 fully saturated rings. The minimum absolute atomic E-state index is 0.230. The van der Waals surface area contributed by atoms with Crippen molar-refractivity contribution < 1.29 is 9.53 Å². The molecule has 0 aromatic carbocycles. The quantitative estimate of drug-likeness (QED) is 0.719.